The van der Waals surface area contributed by atoms with Crippen molar-refractivity contribution in [2.45, 2.75) is 0 Å². The third-order valence-corrected chi connectivity index (χ3v) is 1.59. The van der Waals surface area contributed by atoms with Crippen LogP contribution in [0.5, 0.6) is 0 Å². The van der Waals surface area contributed by atoms with Gasteiger partial charge in [-0.15, -0.1) is 12.1 Å². The second-order valence-electron chi connectivity index (χ2n) is 1.98. The molecule has 0 aromatic rings. The molecular weight excluding hydrogens is 145 g/mol. The lowest BCUT2D eigenvalue weighted by atomic mass is 9.98. The fraction of sp³-hybridized carbons (Fsp3) is 0.500. The number of thioether (sulfide) groups is 1. The van der Waals surface area contributed by atoms with Gasteiger partial charge in [0.2, 0.25) is 0 Å². The molecular formula is C6H10BNOS. The first-order chi connectivity index (χ1) is 4.57. The number of likely N-dealkylation sites (N-methyl/N-ethyl adjacent to an activating group) is 1. The predicted octanol–water partition coefficient (Wildman–Crippen LogP) is 1.08. The van der Waals surface area contributed by atoms with Crippen LogP contribution in [-0.2, 0) is 0 Å². The minimum Gasteiger partial charge on any atom is -0.334 e. The van der Waals surface area contributed by atoms with Gasteiger partial charge in [-0.05, 0) is 6.26 Å². The molecule has 0 heterocycles. The van der Waals surface area contributed by atoms with Gasteiger partial charge in [0, 0.05) is 13.6 Å². The number of hydrogen-bond acceptors (Lipinski definition) is 2. The Bertz CT molecular complexity index is 149. The predicted molar refractivity (Wildman–Crippen MR) is 46.4 cm³/mol. The van der Waals surface area contributed by atoms with E-state index in [-0.39, 0.29) is 5.24 Å². The second kappa shape index (κ2) is 4.44. The van der Waals surface area contributed by atoms with Gasteiger partial charge in [0.05, 0.1) is 0 Å². The number of hydrogen-bond donors (Lipinski definition) is 0. The van der Waals surface area contributed by atoms with E-state index in [0.29, 0.717) is 12.0 Å². The zero-order chi connectivity index (χ0) is 8.15. The highest BCUT2D eigenvalue weighted by Crippen LogP contribution is 2.02. The molecule has 0 aliphatic carbocycles. The highest BCUT2D eigenvalue weighted by molar-refractivity contribution is 8.12. The van der Waals surface area contributed by atoms with Crippen LogP contribution in [0.1, 0.15) is 0 Å². The standard InChI is InChI=1S/C6H10BNOS/c1-5(7)4-8(2)6(9)10-3/h1,4H2,2-3H3. The fourth-order valence-corrected chi connectivity index (χ4v) is 0.901. The quantitative estimate of drug-likeness (QED) is 0.556. The molecule has 0 rings (SSSR count). The third kappa shape index (κ3) is 3.61. The molecule has 2 nitrogen and oxygen atoms in total. The summed E-state index contributed by atoms with van der Waals surface area (Å²) in [5, 5.41) is 0.00611. The molecule has 0 N–H and O–H groups in total. The molecule has 4 heteroatoms. The van der Waals surface area contributed by atoms with Gasteiger partial charge in [-0.25, -0.2) is 0 Å². The van der Waals surface area contributed by atoms with E-state index in [1.165, 1.54) is 16.7 Å². The van der Waals surface area contributed by atoms with Gasteiger partial charge >= 0.3 is 0 Å². The van der Waals surface area contributed by atoms with Crippen LogP contribution in [0.25, 0.3) is 0 Å². The molecule has 0 fully saturated rings. The van der Waals surface area contributed by atoms with Crippen LogP contribution in [-0.4, -0.2) is 37.8 Å². The molecule has 0 spiro atoms. The van der Waals surface area contributed by atoms with Crippen molar-refractivity contribution in [3.05, 3.63) is 12.1 Å². The average Bonchev–Trinajstić information content (AvgIpc) is 1.85. The van der Waals surface area contributed by atoms with Gasteiger partial charge in [0.15, 0.2) is 0 Å². The van der Waals surface area contributed by atoms with Crippen LogP contribution in [0.2, 0.25) is 0 Å². The maximum atomic E-state index is 10.8. The van der Waals surface area contributed by atoms with E-state index in [1.54, 1.807) is 13.3 Å². The smallest absolute Gasteiger partial charge is 0.281 e. The van der Waals surface area contributed by atoms with Gasteiger partial charge in [-0.1, -0.05) is 11.8 Å². The molecule has 1 amide bonds. The normalized spacial score (nSPS) is 9.00. The Morgan fingerprint density at radius 3 is 2.60 bits per heavy atom. The summed E-state index contributed by atoms with van der Waals surface area (Å²) in [6, 6.07) is 0. The van der Waals surface area contributed by atoms with Crippen LogP contribution < -0.4 is 0 Å². The minimum atomic E-state index is 0.00611. The molecule has 0 aliphatic rings. The Hall–Kier alpha value is -0.375. The summed E-state index contributed by atoms with van der Waals surface area (Å²) in [5.74, 6) is 0. The molecule has 54 valence electrons. The molecule has 0 aromatic carbocycles. The Labute approximate surface area is 67.1 Å². The number of carbonyl (C=O) groups excluding carboxylic acids is 1. The number of rotatable bonds is 2. The van der Waals surface area contributed by atoms with Crippen molar-refractivity contribution < 1.29 is 4.79 Å². The van der Waals surface area contributed by atoms with Gasteiger partial charge in [0.25, 0.3) is 5.24 Å². The van der Waals surface area contributed by atoms with Crippen molar-refractivity contribution in [2.75, 3.05) is 19.8 Å². The Balaban J connectivity index is 3.72. The molecule has 2 radical (unpaired) electrons. The summed E-state index contributed by atoms with van der Waals surface area (Å²) in [6.07, 6.45) is 1.73. The maximum absolute atomic E-state index is 10.8. The first-order valence-corrected chi connectivity index (χ1v) is 4.02. The summed E-state index contributed by atoms with van der Waals surface area (Å²) in [4.78, 5) is 12.4. The van der Waals surface area contributed by atoms with E-state index in [1.807, 2.05) is 0 Å². The van der Waals surface area contributed by atoms with E-state index in [9.17, 15) is 4.79 Å². The monoisotopic (exact) mass is 155 g/mol. The summed E-state index contributed by atoms with van der Waals surface area (Å²) in [6.45, 7) is 3.92. The molecule has 0 bridgehead atoms. The third-order valence-electron chi connectivity index (χ3n) is 0.927. The highest BCUT2D eigenvalue weighted by Gasteiger charge is 2.04. The molecule has 10 heavy (non-hydrogen) atoms. The lowest BCUT2D eigenvalue weighted by molar-refractivity contribution is 0.237. The minimum absolute atomic E-state index is 0.00611. The van der Waals surface area contributed by atoms with Crippen LogP contribution in [0.4, 0.5) is 4.79 Å². The van der Waals surface area contributed by atoms with Crippen molar-refractivity contribution in [2.24, 2.45) is 0 Å². The van der Waals surface area contributed by atoms with E-state index >= 15 is 0 Å². The van der Waals surface area contributed by atoms with E-state index in [4.69, 9.17) is 7.85 Å². The molecule has 0 saturated heterocycles. The Morgan fingerprint density at radius 1 is 1.80 bits per heavy atom. The lowest BCUT2D eigenvalue weighted by Crippen LogP contribution is -2.24. The molecule has 0 atom stereocenters. The van der Waals surface area contributed by atoms with Crippen LogP contribution in [0.15, 0.2) is 12.1 Å². The average molecular weight is 155 g/mol. The van der Waals surface area contributed by atoms with Crippen LogP contribution >= 0.6 is 11.8 Å². The second-order valence-corrected chi connectivity index (χ2v) is 2.74. The van der Waals surface area contributed by atoms with Crippen molar-refractivity contribution in [3.63, 3.8) is 0 Å². The summed E-state index contributed by atoms with van der Waals surface area (Å²) in [5.41, 5.74) is 0.505. The molecule has 0 unspecified atom stereocenters. The number of nitrogens with zero attached hydrogens (tertiary/aromatic N) is 1. The first kappa shape index (κ1) is 9.62. The zero-order valence-corrected chi connectivity index (χ0v) is 7.07. The van der Waals surface area contributed by atoms with Gasteiger partial charge < -0.3 is 4.90 Å². The van der Waals surface area contributed by atoms with Crippen molar-refractivity contribution in [1.29, 1.82) is 0 Å². The summed E-state index contributed by atoms with van der Waals surface area (Å²) in [7, 11) is 6.98. The maximum Gasteiger partial charge on any atom is 0.281 e. The van der Waals surface area contributed by atoms with E-state index < -0.39 is 0 Å². The number of carbonyl (C=O) groups is 1. The topological polar surface area (TPSA) is 20.3 Å². The molecule has 0 aliphatic heterocycles. The lowest BCUT2D eigenvalue weighted by Gasteiger charge is -2.14. The summed E-state index contributed by atoms with van der Waals surface area (Å²) >= 11 is 1.17. The van der Waals surface area contributed by atoms with Gasteiger partial charge in [-0.2, -0.15) is 0 Å². The SMILES string of the molecule is [B]C(=C)CN(C)C(=O)SC. The molecule has 0 aromatic heterocycles. The largest absolute Gasteiger partial charge is 0.334 e. The highest BCUT2D eigenvalue weighted by atomic mass is 32.2. The van der Waals surface area contributed by atoms with E-state index in [2.05, 4.69) is 6.58 Å². The van der Waals surface area contributed by atoms with Crippen molar-refractivity contribution in [1.82, 2.24) is 4.90 Å². The van der Waals surface area contributed by atoms with Crippen LogP contribution in [0, 0.1) is 0 Å². The first-order valence-electron chi connectivity index (χ1n) is 2.80. The Kier molecular flexibility index (Phi) is 4.28. The van der Waals surface area contributed by atoms with E-state index in [0.717, 1.165) is 0 Å². The summed E-state index contributed by atoms with van der Waals surface area (Å²) < 4.78 is 0. The van der Waals surface area contributed by atoms with Crippen molar-refractivity contribution >= 4 is 24.8 Å². The number of amides is 1. The molecule has 0 saturated carbocycles. The van der Waals surface area contributed by atoms with Gasteiger partial charge in [-0.3, -0.25) is 4.79 Å². The van der Waals surface area contributed by atoms with Crippen LogP contribution in [0.3, 0.4) is 0 Å². The van der Waals surface area contributed by atoms with Crippen molar-refractivity contribution in [3.8, 4) is 0 Å². The zero-order valence-electron chi connectivity index (χ0n) is 6.26. The Morgan fingerprint density at radius 2 is 2.30 bits per heavy atom. The fourth-order valence-electron chi connectivity index (χ4n) is 0.525. The van der Waals surface area contributed by atoms with Gasteiger partial charge in [0.1, 0.15) is 7.85 Å².